The number of rotatable bonds is 3. The Kier molecular flexibility index (Phi) is 4.75. The molecule has 0 unspecified atom stereocenters. The third-order valence-corrected chi connectivity index (χ3v) is 4.62. The summed E-state index contributed by atoms with van der Waals surface area (Å²) in [6.45, 7) is 6.04. The lowest BCUT2D eigenvalue weighted by atomic mass is 10.1. The highest BCUT2D eigenvalue weighted by molar-refractivity contribution is 7.15. The van der Waals surface area contributed by atoms with Crippen LogP contribution >= 0.6 is 11.3 Å². The number of benzene rings is 1. The summed E-state index contributed by atoms with van der Waals surface area (Å²) in [5, 5.41) is 10.0. The van der Waals surface area contributed by atoms with Crippen LogP contribution in [0.2, 0.25) is 0 Å². The Morgan fingerprint density at radius 3 is 2.29 bits per heavy atom. The van der Waals surface area contributed by atoms with E-state index in [1.165, 1.54) is 6.92 Å². The third kappa shape index (κ3) is 3.70. The van der Waals surface area contributed by atoms with Crippen molar-refractivity contribution in [3.8, 4) is 5.75 Å². The second kappa shape index (κ2) is 6.96. The van der Waals surface area contributed by atoms with Crippen LogP contribution in [-0.2, 0) is 4.79 Å². The zero-order chi connectivity index (χ0) is 17.1. The van der Waals surface area contributed by atoms with Gasteiger partial charge < -0.3 is 14.5 Å². The summed E-state index contributed by atoms with van der Waals surface area (Å²) < 4.78 is 4.98. The zero-order valence-electron chi connectivity index (χ0n) is 13.6. The van der Waals surface area contributed by atoms with E-state index in [-0.39, 0.29) is 11.9 Å². The van der Waals surface area contributed by atoms with Gasteiger partial charge in [0, 0.05) is 38.7 Å². The van der Waals surface area contributed by atoms with Gasteiger partial charge in [0.1, 0.15) is 10.8 Å². The first-order valence-electron chi connectivity index (χ1n) is 7.66. The summed E-state index contributed by atoms with van der Waals surface area (Å²) in [4.78, 5) is 27.4. The predicted octanol–water partition coefficient (Wildman–Crippen LogP) is 1.73. The van der Waals surface area contributed by atoms with Crippen LogP contribution in [0.25, 0.3) is 0 Å². The Bertz CT molecular complexity index is 736. The predicted molar refractivity (Wildman–Crippen MR) is 90.5 cm³/mol. The van der Waals surface area contributed by atoms with Gasteiger partial charge in [0.25, 0.3) is 5.91 Å². The Hall–Kier alpha value is -2.48. The van der Waals surface area contributed by atoms with Crippen molar-refractivity contribution >= 4 is 28.3 Å². The van der Waals surface area contributed by atoms with Gasteiger partial charge in [-0.3, -0.25) is 9.59 Å². The number of hydrogen-bond acceptors (Lipinski definition) is 7. The largest absolute Gasteiger partial charge is 0.427 e. The summed E-state index contributed by atoms with van der Waals surface area (Å²) in [5.41, 5.74) is 0.589. The maximum absolute atomic E-state index is 12.6. The summed E-state index contributed by atoms with van der Waals surface area (Å²) in [5.74, 6) is 0.0464. The molecule has 0 radical (unpaired) electrons. The third-order valence-electron chi connectivity index (χ3n) is 3.72. The van der Waals surface area contributed by atoms with E-state index in [1.807, 2.05) is 11.8 Å². The van der Waals surface area contributed by atoms with E-state index in [0.717, 1.165) is 23.2 Å². The first-order chi connectivity index (χ1) is 11.5. The lowest BCUT2D eigenvalue weighted by Crippen LogP contribution is -2.48. The van der Waals surface area contributed by atoms with E-state index in [4.69, 9.17) is 4.74 Å². The number of anilines is 1. The second-order valence-electron chi connectivity index (χ2n) is 5.50. The van der Waals surface area contributed by atoms with Gasteiger partial charge in [0.05, 0.1) is 0 Å². The van der Waals surface area contributed by atoms with Crippen molar-refractivity contribution in [1.29, 1.82) is 0 Å². The number of amides is 1. The lowest BCUT2D eigenvalue weighted by Gasteiger charge is -2.34. The van der Waals surface area contributed by atoms with Crippen LogP contribution in [0.5, 0.6) is 5.75 Å². The summed E-state index contributed by atoms with van der Waals surface area (Å²) in [7, 11) is 0. The number of carbonyl (C=O) groups is 2. The molecule has 1 saturated heterocycles. The number of nitrogens with zero attached hydrogens (tertiary/aromatic N) is 4. The van der Waals surface area contributed by atoms with Crippen LogP contribution in [0.1, 0.15) is 22.3 Å². The maximum atomic E-state index is 12.6. The van der Waals surface area contributed by atoms with Crippen molar-refractivity contribution in [3.05, 3.63) is 34.8 Å². The first kappa shape index (κ1) is 16.4. The fourth-order valence-corrected chi connectivity index (χ4v) is 3.27. The molecule has 0 bridgehead atoms. The fourth-order valence-electron chi connectivity index (χ4n) is 2.53. The van der Waals surface area contributed by atoms with Crippen LogP contribution < -0.4 is 9.64 Å². The standard InChI is InChI=1S/C16H18N4O3S/c1-11-17-18-16(24-11)20-9-7-19(8-10-20)15(22)13-3-5-14(6-4-13)23-12(2)21/h3-6H,7-10H2,1-2H3. The van der Waals surface area contributed by atoms with Gasteiger partial charge >= 0.3 is 5.97 Å². The van der Waals surface area contributed by atoms with Crippen molar-refractivity contribution in [3.63, 3.8) is 0 Å². The molecule has 1 aliphatic rings. The van der Waals surface area contributed by atoms with Crippen LogP contribution in [0, 0.1) is 6.92 Å². The van der Waals surface area contributed by atoms with Gasteiger partial charge in [-0.05, 0) is 31.2 Å². The summed E-state index contributed by atoms with van der Waals surface area (Å²) >= 11 is 1.57. The fraction of sp³-hybridized carbons (Fsp3) is 0.375. The zero-order valence-corrected chi connectivity index (χ0v) is 14.4. The van der Waals surface area contributed by atoms with Gasteiger partial charge in [-0.1, -0.05) is 11.3 Å². The summed E-state index contributed by atoms with van der Waals surface area (Å²) in [6.07, 6.45) is 0. The van der Waals surface area contributed by atoms with Crippen molar-refractivity contribution < 1.29 is 14.3 Å². The molecule has 0 atom stereocenters. The Morgan fingerprint density at radius 1 is 1.08 bits per heavy atom. The van der Waals surface area contributed by atoms with Crippen LogP contribution in [0.4, 0.5) is 5.13 Å². The lowest BCUT2D eigenvalue weighted by molar-refractivity contribution is -0.131. The highest BCUT2D eigenvalue weighted by atomic mass is 32.1. The molecule has 3 rings (SSSR count). The molecule has 126 valence electrons. The molecule has 0 spiro atoms. The second-order valence-corrected chi connectivity index (χ2v) is 6.66. The van der Waals surface area contributed by atoms with E-state index >= 15 is 0 Å². The number of aromatic nitrogens is 2. The monoisotopic (exact) mass is 346 g/mol. The molecule has 0 N–H and O–H groups in total. The van der Waals surface area contributed by atoms with Crippen molar-refractivity contribution in [2.45, 2.75) is 13.8 Å². The van der Waals surface area contributed by atoms with Gasteiger partial charge in [0.15, 0.2) is 0 Å². The molecule has 24 heavy (non-hydrogen) atoms. The minimum absolute atomic E-state index is 0.0162. The van der Waals surface area contributed by atoms with Crippen LogP contribution in [0.3, 0.4) is 0 Å². The minimum Gasteiger partial charge on any atom is -0.427 e. The molecule has 1 fully saturated rings. The Labute approximate surface area is 143 Å². The van der Waals surface area contributed by atoms with E-state index < -0.39 is 0 Å². The minimum atomic E-state index is -0.378. The molecule has 0 saturated carbocycles. The number of hydrogen-bond donors (Lipinski definition) is 0. The van der Waals surface area contributed by atoms with Gasteiger partial charge in [-0.15, -0.1) is 10.2 Å². The topological polar surface area (TPSA) is 75.6 Å². The average Bonchev–Trinajstić information content (AvgIpc) is 3.01. The number of esters is 1. The van der Waals surface area contributed by atoms with E-state index in [0.29, 0.717) is 24.4 Å². The van der Waals surface area contributed by atoms with Gasteiger partial charge in [-0.2, -0.15) is 0 Å². The molecular weight excluding hydrogens is 328 g/mol. The van der Waals surface area contributed by atoms with Crippen molar-refractivity contribution in [2.24, 2.45) is 0 Å². The van der Waals surface area contributed by atoms with Gasteiger partial charge in [-0.25, -0.2) is 0 Å². The summed E-state index contributed by atoms with van der Waals surface area (Å²) in [6, 6.07) is 6.63. The van der Waals surface area contributed by atoms with E-state index in [9.17, 15) is 9.59 Å². The molecule has 2 heterocycles. The molecule has 8 heteroatoms. The SMILES string of the molecule is CC(=O)Oc1ccc(C(=O)N2CCN(c3nnc(C)s3)CC2)cc1. The number of carbonyl (C=O) groups excluding carboxylic acids is 2. The Balaban J connectivity index is 1.59. The molecule has 1 aromatic carbocycles. The molecule has 2 aromatic rings. The smallest absolute Gasteiger partial charge is 0.308 e. The quantitative estimate of drug-likeness (QED) is 0.622. The Morgan fingerprint density at radius 2 is 1.75 bits per heavy atom. The number of ether oxygens (including phenoxy) is 1. The van der Waals surface area contributed by atoms with E-state index in [1.54, 1.807) is 35.6 Å². The average molecular weight is 346 g/mol. The highest BCUT2D eigenvalue weighted by Gasteiger charge is 2.23. The molecule has 1 amide bonds. The highest BCUT2D eigenvalue weighted by Crippen LogP contribution is 2.21. The normalized spacial score (nSPS) is 14.6. The molecule has 0 aliphatic carbocycles. The van der Waals surface area contributed by atoms with Crippen LogP contribution in [0.15, 0.2) is 24.3 Å². The molecule has 1 aliphatic heterocycles. The molecule has 1 aromatic heterocycles. The number of piperazine rings is 1. The van der Waals surface area contributed by atoms with Crippen LogP contribution in [-0.4, -0.2) is 53.2 Å². The van der Waals surface area contributed by atoms with E-state index in [2.05, 4.69) is 15.1 Å². The maximum Gasteiger partial charge on any atom is 0.308 e. The van der Waals surface area contributed by atoms with Crippen molar-refractivity contribution in [1.82, 2.24) is 15.1 Å². The van der Waals surface area contributed by atoms with Crippen molar-refractivity contribution in [2.75, 3.05) is 31.1 Å². The first-order valence-corrected chi connectivity index (χ1v) is 8.47. The number of aryl methyl sites for hydroxylation is 1. The molecular formula is C16H18N4O3S. The van der Waals surface area contributed by atoms with Gasteiger partial charge in [0.2, 0.25) is 5.13 Å². The molecule has 7 nitrogen and oxygen atoms in total.